The van der Waals surface area contributed by atoms with E-state index in [4.69, 9.17) is 9.47 Å². The molecule has 0 aliphatic carbocycles. The van der Waals surface area contributed by atoms with Gasteiger partial charge in [0.1, 0.15) is 5.60 Å². The number of nitrogens with zero attached hydrogens (tertiary/aromatic N) is 4. The molecule has 11 heteroatoms. The van der Waals surface area contributed by atoms with E-state index in [1.165, 1.54) is 10.7 Å². The smallest absolute Gasteiger partial charge is 0.435 e. The average Bonchev–Trinajstić information content (AvgIpc) is 3.29. The minimum Gasteiger partial charge on any atom is -0.442 e. The van der Waals surface area contributed by atoms with Gasteiger partial charge in [-0.25, -0.2) is 4.79 Å². The number of nitro groups is 1. The maximum absolute atomic E-state index is 13.8. The SMILES string of the molecule is CC(C)(C)OC(=O)n1nc(COCCN(Cc2ccccc2)C[C@H](O)c2ccc(F)c([N+](=O)[O-])c2)c2ccccc21. The summed E-state index contributed by atoms with van der Waals surface area (Å²) in [4.78, 5) is 25.0. The lowest BCUT2D eigenvalue weighted by Gasteiger charge is -2.25. The van der Waals surface area contributed by atoms with Crippen molar-refractivity contribution in [3.63, 3.8) is 0 Å². The van der Waals surface area contributed by atoms with Crippen LogP contribution in [0.4, 0.5) is 14.9 Å². The van der Waals surface area contributed by atoms with Crippen LogP contribution in [0.25, 0.3) is 10.9 Å². The summed E-state index contributed by atoms with van der Waals surface area (Å²) in [6.45, 7) is 6.82. The molecule has 0 bridgehead atoms. The fourth-order valence-corrected chi connectivity index (χ4v) is 4.35. The fraction of sp³-hybridized carbons (Fsp3) is 0.333. The van der Waals surface area contributed by atoms with Crippen molar-refractivity contribution >= 4 is 22.7 Å². The normalized spacial score (nSPS) is 12.5. The molecule has 0 aliphatic heterocycles. The molecule has 0 radical (unpaired) electrons. The molecule has 0 aliphatic rings. The van der Waals surface area contributed by atoms with E-state index in [-0.39, 0.29) is 25.3 Å². The van der Waals surface area contributed by atoms with Crippen molar-refractivity contribution in [2.45, 2.75) is 45.6 Å². The number of nitro benzene ring substituents is 1. The number of hydrogen-bond acceptors (Lipinski definition) is 8. The van der Waals surface area contributed by atoms with Gasteiger partial charge < -0.3 is 14.6 Å². The number of aliphatic hydroxyl groups excluding tert-OH is 1. The van der Waals surface area contributed by atoms with E-state index in [9.17, 15) is 24.4 Å². The predicted octanol–water partition coefficient (Wildman–Crippen LogP) is 5.62. The number of para-hydroxylation sites is 1. The van der Waals surface area contributed by atoms with Crippen molar-refractivity contribution in [2.75, 3.05) is 19.7 Å². The molecule has 0 spiro atoms. The molecule has 0 unspecified atom stereocenters. The van der Waals surface area contributed by atoms with Crippen LogP contribution < -0.4 is 0 Å². The molecule has 1 heterocycles. The van der Waals surface area contributed by atoms with Gasteiger partial charge in [0.05, 0.1) is 35.5 Å². The Kier molecular flexibility index (Phi) is 9.43. The predicted molar refractivity (Wildman–Crippen MR) is 151 cm³/mol. The Labute approximate surface area is 237 Å². The first kappa shape index (κ1) is 29.8. The van der Waals surface area contributed by atoms with E-state index in [0.717, 1.165) is 23.1 Å². The highest BCUT2D eigenvalue weighted by atomic mass is 19.1. The number of halogens is 1. The van der Waals surface area contributed by atoms with Crippen LogP contribution in [0.3, 0.4) is 0 Å². The molecule has 3 aromatic carbocycles. The average molecular weight is 565 g/mol. The van der Waals surface area contributed by atoms with Crippen LogP contribution in [-0.4, -0.2) is 56.1 Å². The van der Waals surface area contributed by atoms with Crippen molar-refractivity contribution < 1.29 is 28.7 Å². The third-order valence-corrected chi connectivity index (χ3v) is 6.25. The lowest BCUT2D eigenvalue weighted by molar-refractivity contribution is -0.387. The highest BCUT2D eigenvalue weighted by molar-refractivity contribution is 5.89. The molecule has 1 atom stereocenters. The molecule has 1 aromatic heterocycles. The summed E-state index contributed by atoms with van der Waals surface area (Å²) < 4.78 is 26.5. The van der Waals surface area contributed by atoms with Gasteiger partial charge in [-0.3, -0.25) is 15.0 Å². The zero-order valence-electron chi connectivity index (χ0n) is 23.2. The number of aliphatic hydroxyl groups is 1. The lowest BCUT2D eigenvalue weighted by Crippen LogP contribution is -2.31. The fourth-order valence-electron chi connectivity index (χ4n) is 4.35. The Morgan fingerprint density at radius 3 is 2.54 bits per heavy atom. The first-order valence-corrected chi connectivity index (χ1v) is 13.2. The van der Waals surface area contributed by atoms with Crippen molar-refractivity contribution in [3.8, 4) is 0 Å². The van der Waals surface area contributed by atoms with Gasteiger partial charge in [-0.05, 0) is 44.0 Å². The Morgan fingerprint density at radius 2 is 1.83 bits per heavy atom. The van der Waals surface area contributed by atoms with Crippen LogP contribution in [0.5, 0.6) is 0 Å². The van der Waals surface area contributed by atoms with E-state index >= 15 is 0 Å². The Balaban J connectivity index is 1.44. The van der Waals surface area contributed by atoms with Crippen molar-refractivity contribution in [1.82, 2.24) is 14.7 Å². The van der Waals surface area contributed by atoms with Crippen LogP contribution >= 0.6 is 0 Å². The van der Waals surface area contributed by atoms with Gasteiger partial charge in [0.25, 0.3) is 0 Å². The number of benzene rings is 3. The first-order chi connectivity index (χ1) is 19.5. The summed E-state index contributed by atoms with van der Waals surface area (Å²) in [6, 6.07) is 20.4. The second kappa shape index (κ2) is 13.0. The summed E-state index contributed by atoms with van der Waals surface area (Å²) in [5.74, 6) is -0.956. The highest BCUT2D eigenvalue weighted by Gasteiger charge is 2.23. The van der Waals surface area contributed by atoms with Crippen molar-refractivity contribution in [3.05, 3.63) is 106 Å². The van der Waals surface area contributed by atoms with Gasteiger partial charge in [0.2, 0.25) is 5.82 Å². The number of rotatable bonds is 11. The zero-order valence-corrected chi connectivity index (χ0v) is 23.2. The quantitative estimate of drug-likeness (QED) is 0.142. The molecule has 0 saturated heterocycles. The molecule has 10 nitrogen and oxygen atoms in total. The van der Waals surface area contributed by atoms with E-state index in [1.54, 1.807) is 26.8 Å². The van der Waals surface area contributed by atoms with Gasteiger partial charge in [-0.15, -0.1) is 0 Å². The molecule has 1 N–H and O–H groups in total. The topological polar surface area (TPSA) is 120 Å². The number of ether oxygens (including phenoxy) is 2. The molecule has 41 heavy (non-hydrogen) atoms. The Morgan fingerprint density at radius 1 is 1.12 bits per heavy atom. The largest absolute Gasteiger partial charge is 0.442 e. The summed E-state index contributed by atoms with van der Waals surface area (Å²) >= 11 is 0. The number of fused-ring (bicyclic) bond motifs is 1. The maximum Gasteiger partial charge on any atom is 0.435 e. The monoisotopic (exact) mass is 564 g/mol. The lowest BCUT2D eigenvalue weighted by atomic mass is 10.1. The summed E-state index contributed by atoms with van der Waals surface area (Å²) in [7, 11) is 0. The summed E-state index contributed by atoms with van der Waals surface area (Å²) in [5.41, 5.74) is 1.09. The number of carbonyl (C=O) groups is 1. The van der Waals surface area contributed by atoms with Gasteiger partial charge in [-0.1, -0.05) is 54.6 Å². The van der Waals surface area contributed by atoms with Gasteiger partial charge in [-0.2, -0.15) is 14.2 Å². The third-order valence-electron chi connectivity index (χ3n) is 6.25. The van der Waals surface area contributed by atoms with Crippen molar-refractivity contribution in [1.29, 1.82) is 0 Å². The second-order valence-corrected chi connectivity index (χ2v) is 10.6. The molecule has 4 rings (SSSR count). The number of aromatic nitrogens is 2. The van der Waals surface area contributed by atoms with Crippen LogP contribution in [0.15, 0.2) is 72.8 Å². The van der Waals surface area contributed by atoms with Crippen LogP contribution in [-0.2, 0) is 22.6 Å². The van der Waals surface area contributed by atoms with Crippen LogP contribution in [0.2, 0.25) is 0 Å². The van der Waals surface area contributed by atoms with Gasteiger partial charge in [0, 0.05) is 31.1 Å². The minimum atomic E-state index is -1.09. The molecule has 0 fully saturated rings. The summed E-state index contributed by atoms with van der Waals surface area (Å²) in [5, 5.41) is 27.3. The van der Waals surface area contributed by atoms with E-state index in [2.05, 4.69) is 5.10 Å². The van der Waals surface area contributed by atoms with E-state index in [0.29, 0.717) is 24.3 Å². The van der Waals surface area contributed by atoms with Crippen LogP contribution in [0.1, 0.15) is 43.7 Å². The van der Waals surface area contributed by atoms with Gasteiger partial charge >= 0.3 is 11.8 Å². The Hall–Kier alpha value is -4.19. The van der Waals surface area contributed by atoms with E-state index in [1.807, 2.05) is 53.4 Å². The molecule has 0 saturated carbocycles. The molecular weight excluding hydrogens is 531 g/mol. The molecular formula is C30H33FN4O6. The molecule has 216 valence electrons. The molecule has 0 amide bonds. The van der Waals surface area contributed by atoms with Crippen LogP contribution in [0, 0.1) is 15.9 Å². The standard InChI is InChI=1S/C30H33FN4O6/c1-30(2,3)41-29(37)34-26-12-8-7-11-23(26)25(32-34)20-40-16-15-33(18-21-9-5-4-6-10-21)19-28(36)22-13-14-24(31)27(17-22)35(38)39/h4-14,17,28,36H,15-16,18-20H2,1-3H3/t28-/m0/s1. The summed E-state index contributed by atoms with van der Waals surface area (Å²) in [6.07, 6.45) is -1.67. The highest BCUT2D eigenvalue weighted by Crippen LogP contribution is 2.24. The number of hydrogen-bond donors (Lipinski definition) is 1. The maximum atomic E-state index is 13.8. The number of carbonyl (C=O) groups excluding carboxylic acids is 1. The van der Waals surface area contributed by atoms with Gasteiger partial charge in [0.15, 0.2) is 0 Å². The van der Waals surface area contributed by atoms with Crippen molar-refractivity contribution in [2.24, 2.45) is 0 Å². The zero-order chi connectivity index (χ0) is 29.6. The Bertz CT molecular complexity index is 1500. The third kappa shape index (κ3) is 7.94. The molecule has 4 aromatic rings. The minimum absolute atomic E-state index is 0.136. The second-order valence-electron chi connectivity index (χ2n) is 10.6. The first-order valence-electron chi connectivity index (χ1n) is 13.2. The van der Waals surface area contributed by atoms with E-state index < -0.39 is 34.2 Å².